The number of aromatic nitrogens is 2. The lowest BCUT2D eigenvalue weighted by atomic mass is 9.85. The van der Waals surface area contributed by atoms with E-state index in [2.05, 4.69) is 62.8 Å². The standard InChI is InChI=1S/C22H24N2O2/c1-21(2,3)19-9-15-12-24-16(10-17(15)25-19)11-22(4,5)20-8-14-6-7-23-13-18(14)26-20/h6-10,12-13H,11H2,1-5H3. The molecular formula is C22H24N2O2. The number of pyridine rings is 2. The van der Waals surface area contributed by atoms with Crippen LogP contribution in [0, 0.1) is 0 Å². The Bertz CT molecular complexity index is 1050. The van der Waals surface area contributed by atoms with Crippen molar-refractivity contribution >= 4 is 21.9 Å². The van der Waals surface area contributed by atoms with Crippen molar-refractivity contribution in [1.82, 2.24) is 9.97 Å². The van der Waals surface area contributed by atoms with Gasteiger partial charge in [0.25, 0.3) is 0 Å². The Balaban J connectivity index is 1.66. The van der Waals surface area contributed by atoms with Crippen LogP contribution in [0.1, 0.15) is 51.8 Å². The fourth-order valence-corrected chi connectivity index (χ4v) is 3.20. The number of hydrogen-bond donors (Lipinski definition) is 0. The number of furan rings is 2. The van der Waals surface area contributed by atoms with Crippen molar-refractivity contribution in [1.29, 1.82) is 0 Å². The van der Waals surface area contributed by atoms with E-state index in [1.54, 1.807) is 12.4 Å². The first kappa shape index (κ1) is 16.8. The van der Waals surface area contributed by atoms with Gasteiger partial charge >= 0.3 is 0 Å². The Morgan fingerprint density at radius 3 is 2.31 bits per heavy atom. The van der Waals surface area contributed by atoms with Crippen LogP contribution >= 0.6 is 0 Å². The summed E-state index contributed by atoms with van der Waals surface area (Å²) in [4.78, 5) is 8.78. The number of fused-ring (bicyclic) bond motifs is 2. The number of nitrogens with zero attached hydrogens (tertiary/aromatic N) is 2. The molecule has 4 heterocycles. The average molecular weight is 348 g/mol. The van der Waals surface area contributed by atoms with E-state index in [9.17, 15) is 0 Å². The molecule has 0 spiro atoms. The van der Waals surface area contributed by atoms with Crippen LogP contribution in [0.3, 0.4) is 0 Å². The molecule has 0 fully saturated rings. The van der Waals surface area contributed by atoms with E-state index in [0.717, 1.165) is 45.6 Å². The van der Waals surface area contributed by atoms with E-state index in [4.69, 9.17) is 8.83 Å². The molecule has 0 N–H and O–H groups in total. The van der Waals surface area contributed by atoms with Gasteiger partial charge in [-0.3, -0.25) is 9.97 Å². The van der Waals surface area contributed by atoms with Crippen LogP contribution in [0.4, 0.5) is 0 Å². The van der Waals surface area contributed by atoms with E-state index in [-0.39, 0.29) is 10.8 Å². The highest BCUT2D eigenvalue weighted by molar-refractivity contribution is 5.78. The summed E-state index contributed by atoms with van der Waals surface area (Å²) in [6.45, 7) is 10.8. The third-order valence-corrected chi connectivity index (χ3v) is 4.81. The molecule has 0 bridgehead atoms. The summed E-state index contributed by atoms with van der Waals surface area (Å²) < 4.78 is 12.1. The first-order valence-corrected chi connectivity index (χ1v) is 8.95. The molecule has 0 saturated heterocycles. The summed E-state index contributed by atoms with van der Waals surface area (Å²) in [6.07, 6.45) is 6.22. The molecule has 0 aliphatic rings. The van der Waals surface area contributed by atoms with E-state index >= 15 is 0 Å². The quantitative estimate of drug-likeness (QED) is 0.470. The van der Waals surface area contributed by atoms with E-state index in [1.807, 2.05) is 12.3 Å². The average Bonchev–Trinajstić information content (AvgIpc) is 3.18. The zero-order chi connectivity index (χ0) is 18.5. The maximum Gasteiger partial charge on any atom is 0.152 e. The lowest BCUT2D eigenvalue weighted by molar-refractivity contribution is 0.395. The first-order valence-electron chi connectivity index (χ1n) is 8.95. The SMILES string of the molecule is CC(C)(C)c1cc2cnc(CC(C)(C)c3cc4ccncc4o3)cc2o1. The Labute approximate surface area is 153 Å². The number of hydrogen-bond acceptors (Lipinski definition) is 4. The van der Waals surface area contributed by atoms with Crippen LogP contribution in [0.15, 0.2) is 51.7 Å². The molecule has 26 heavy (non-hydrogen) atoms. The van der Waals surface area contributed by atoms with Crippen LogP contribution in [0.5, 0.6) is 0 Å². The lowest BCUT2D eigenvalue weighted by Crippen LogP contribution is -2.20. The van der Waals surface area contributed by atoms with Gasteiger partial charge in [-0.2, -0.15) is 0 Å². The van der Waals surface area contributed by atoms with Gasteiger partial charge in [-0.15, -0.1) is 0 Å². The van der Waals surface area contributed by atoms with Gasteiger partial charge in [-0.05, 0) is 18.2 Å². The van der Waals surface area contributed by atoms with E-state index in [1.165, 1.54) is 0 Å². The zero-order valence-electron chi connectivity index (χ0n) is 16.0. The van der Waals surface area contributed by atoms with Gasteiger partial charge in [0.05, 0.1) is 6.20 Å². The van der Waals surface area contributed by atoms with Crippen molar-refractivity contribution in [3.05, 3.63) is 60.1 Å². The molecule has 0 radical (unpaired) electrons. The molecule has 4 nitrogen and oxygen atoms in total. The molecule has 4 aromatic rings. The molecule has 4 heteroatoms. The van der Waals surface area contributed by atoms with E-state index < -0.39 is 0 Å². The largest absolute Gasteiger partial charge is 0.460 e. The normalized spacial score (nSPS) is 13.0. The van der Waals surface area contributed by atoms with Crippen molar-refractivity contribution < 1.29 is 8.83 Å². The van der Waals surface area contributed by atoms with Gasteiger partial charge in [-0.25, -0.2) is 0 Å². The van der Waals surface area contributed by atoms with Crippen LogP contribution in [-0.4, -0.2) is 9.97 Å². The van der Waals surface area contributed by atoms with Gasteiger partial charge in [0, 0.05) is 52.2 Å². The summed E-state index contributed by atoms with van der Waals surface area (Å²) >= 11 is 0. The topological polar surface area (TPSA) is 52.1 Å². The zero-order valence-corrected chi connectivity index (χ0v) is 16.0. The third-order valence-electron chi connectivity index (χ3n) is 4.81. The highest BCUT2D eigenvalue weighted by Crippen LogP contribution is 2.33. The molecule has 0 aliphatic carbocycles. The second kappa shape index (κ2) is 5.70. The van der Waals surface area contributed by atoms with Crippen molar-refractivity contribution in [2.75, 3.05) is 0 Å². The Kier molecular flexibility index (Phi) is 3.69. The summed E-state index contributed by atoms with van der Waals surface area (Å²) in [6, 6.07) is 8.21. The molecule has 0 atom stereocenters. The molecule has 0 unspecified atom stereocenters. The Morgan fingerprint density at radius 1 is 0.846 bits per heavy atom. The predicted octanol–water partition coefficient (Wildman–Crippen LogP) is 5.79. The molecule has 4 aromatic heterocycles. The summed E-state index contributed by atoms with van der Waals surface area (Å²) in [5.41, 5.74) is 2.51. The third kappa shape index (κ3) is 3.00. The molecule has 0 aromatic carbocycles. The lowest BCUT2D eigenvalue weighted by Gasteiger charge is -2.21. The fraction of sp³-hybridized carbons (Fsp3) is 0.364. The first-order chi connectivity index (χ1) is 12.2. The second-order valence-corrected chi connectivity index (χ2v) is 8.66. The smallest absolute Gasteiger partial charge is 0.152 e. The summed E-state index contributed by atoms with van der Waals surface area (Å²) in [7, 11) is 0. The second-order valence-electron chi connectivity index (χ2n) is 8.66. The molecule has 134 valence electrons. The fourth-order valence-electron chi connectivity index (χ4n) is 3.20. The van der Waals surface area contributed by atoms with Gasteiger partial charge < -0.3 is 8.83 Å². The molecule has 0 saturated carbocycles. The van der Waals surface area contributed by atoms with Crippen molar-refractivity contribution in [2.24, 2.45) is 0 Å². The van der Waals surface area contributed by atoms with Crippen LogP contribution in [-0.2, 0) is 17.3 Å². The highest BCUT2D eigenvalue weighted by atomic mass is 16.3. The van der Waals surface area contributed by atoms with E-state index in [0.29, 0.717) is 0 Å². The summed E-state index contributed by atoms with van der Waals surface area (Å²) in [5, 5.41) is 2.12. The molecule has 0 aliphatic heterocycles. The Morgan fingerprint density at radius 2 is 1.58 bits per heavy atom. The van der Waals surface area contributed by atoms with Gasteiger partial charge in [-0.1, -0.05) is 34.6 Å². The van der Waals surface area contributed by atoms with Crippen LogP contribution in [0.25, 0.3) is 21.9 Å². The molecule has 4 rings (SSSR count). The monoisotopic (exact) mass is 348 g/mol. The molecule has 0 amide bonds. The van der Waals surface area contributed by atoms with Crippen molar-refractivity contribution in [3.63, 3.8) is 0 Å². The van der Waals surface area contributed by atoms with Crippen molar-refractivity contribution in [2.45, 2.75) is 51.9 Å². The number of rotatable bonds is 3. The maximum absolute atomic E-state index is 6.07. The van der Waals surface area contributed by atoms with Gasteiger partial charge in [0.2, 0.25) is 0 Å². The highest BCUT2D eigenvalue weighted by Gasteiger charge is 2.27. The maximum atomic E-state index is 6.07. The minimum atomic E-state index is -0.181. The van der Waals surface area contributed by atoms with Gasteiger partial charge in [0.15, 0.2) is 5.58 Å². The van der Waals surface area contributed by atoms with Gasteiger partial charge in [0.1, 0.15) is 17.1 Å². The minimum absolute atomic E-state index is 0.0131. The van der Waals surface area contributed by atoms with Crippen LogP contribution < -0.4 is 0 Å². The molecular weight excluding hydrogens is 324 g/mol. The minimum Gasteiger partial charge on any atom is -0.460 e. The predicted molar refractivity (Wildman–Crippen MR) is 103 cm³/mol. The van der Waals surface area contributed by atoms with Crippen LogP contribution in [0.2, 0.25) is 0 Å². The van der Waals surface area contributed by atoms with Crippen molar-refractivity contribution in [3.8, 4) is 0 Å². The Hall–Kier alpha value is -2.62. The summed E-state index contributed by atoms with van der Waals surface area (Å²) in [5.74, 6) is 1.92.